The van der Waals surface area contributed by atoms with Gasteiger partial charge in [-0.2, -0.15) is 0 Å². The molecule has 5 rings (SSSR count). The van der Waals surface area contributed by atoms with E-state index in [1.807, 2.05) is 70.2 Å². The lowest BCUT2D eigenvalue weighted by atomic mass is 9.99. The van der Waals surface area contributed by atoms with E-state index < -0.39 is 11.6 Å². The zero-order valence-corrected chi connectivity index (χ0v) is 22.4. The Balaban J connectivity index is 1.43. The van der Waals surface area contributed by atoms with Gasteiger partial charge in [0.05, 0.1) is 22.3 Å². The molecule has 4 aromatic rings. The molecule has 188 valence electrons. The lowest BCUT2D eigenvalue weighted by Crippen LogP contribution is -2.54. The van der Waals surface area contributed by atoms with Gasteiger partial charge in [0.1, 0.15) is 11.0 Å². The van der Waals surface area contributed by atoms with E-state index in [1.54, 1.807) is 34.4 Å². The van der Waals surface area contributed by atoms with Gasteiger partial charge in [0.2, 0.25) is 5.91 Å². The summed E-state index contributed by atoms with van der Waals surface area (Å²) >= 11 is 1.61. The number of hydrogen-bond acceptors (Lipinski definition) is 5. The normalized spacial score (nSPS) is 16.0. The molecule has 1 aliphatic rings. The number of carbonyl (C=O) groups is 3. The highest BCUT2D eigenvalue weighted by molar-refractivity contribution is 7.21. The Bertz CT molecular complexity index is 1530. The summed E-state index contributed by atoms with van der Waals surface area (Å²) in [4.78, 5) is 47.8. The van der Waals surface area contributed by atoms with E-state index in [-0.39, 0.29) is 24.1 Å². The number of carbonyl (C=O) groups excluding carboxylic acids is 3. The van der Waals surface area contributed by atoms with Gasteiger partial charge in [0.25, 0.3) is 11.8 Å². The second-order valence-electron chi connectivity index (χ2n) is 10.5. The minimum absolute atomic E-state index is 0.0490. The number of nitrogens with zero attached hydrogens (tertiary/aromatic N) is 3. The van der Waals surface area contributed by atoms with Crippen LogP contribution in [-0.4, -0.2) is 39.2 Å². The van der Waals surface area contributed by atoms with E-state index in [4.69, 9.17) is 4.98 Å². The highest BCUT2D eigenvalue weighted by Crippen LogP contribution is 2.34. The van der Waals surface area contributed by atoms with Crippen LogP contribution in [0.5, 0.6) is 0 Å². The molecular weight excluding hydrogens is 482 g/mol. The highest BCUT2D eigenvalue weighted by atomic mass is 32.1. The number of aryl methyl sites for hydroxylation is 2. The third kappa shape index (κ3) is 4.67. The maximum absolute atomic E-state index is 13.6. The Hall–Kier alpha value is -3.84. The third-order valence-corrected chi connectivity index (χ3v) is 7.62. The van der Waals surface area contributed by atoms with Gasteiger partial charge in [0, 0.05) is 16.7 Å². The Kier molecular flexibility index (Phi) is 6.20. The summed E-state index contributed by atoms with van der Waals surface area (Å²) in [5.74, 6) is -0.959. The predicted molar refractivity (Wildman–Crippen MR) is 148 cm³/mol. The van der Waals surface area contributed by atoms with Crippen molar-refractivity contribution >= 4 is 45.0 Å². The quantitative estimate of drug-likeness (QED) is 0.308. The number of anilines is 1. The van der Waals surface area contributed by atoms with Gasteiger partial charge >= 0.3 is 0 Å². The van der Waals surface area contributed by atoms with E-state index in [9.17, 15) is 14.4 Å². The number of hydrogen-bond donors (Lipinski definition) is 0. The van der Waals surface area contributed by atoms with Crippen LogP contribution in [0.4, 0.5) is 5.69 Å². The summed E-state index contributed by atoms with van der Waals surface area (Å²) in [6.07, 6.45) is -0.0490. The molecule has 7 heteroatoms. The molecule has 0 N–H and O–H groups in total. The van der Waals surface area contributed by atoms with E-state index in [0.29, 0.717) is 11.3 Å². The van der Waals surface area contributed by atoms with Crippen molar-refractivity contribution in [3.05, 3.63) is 83.4 Å². The SMILES string of the molecule is Cc1cccc(C(=O)N(C2CC(=O)N(c3ccc(-c4nc5ccc(C)cc5s4)cc3)C2=O)C(C)(C)C)c1. The molecule has 0 spiro atoms. The molecule has 0 bridgehead atoms. The first-order valence-electron chi connectivity index (χ1n) is 12.3. The van der Waals surface area contributed by atoms with Crippen molar-refractivity contribution in [2.45, 2.75) is 52.6 Å². The van der Waals surface area contributed by atoms with E-state index in [0.717, 1.165) is 26.4 Å². The fourth-order valence-corrected chi connectivity index (χ4v) is 5.90. The highest BCUT2D eigenvalue weighted by Gasteiger charge is 2.47. The van der Waals surface area contributed by atoms with Gasteiger partial charge in [0.15, 0.2) is 0 Å². The third-order valence-electron chi connectivity index (χ3n) is 6.56. The van der Waals surface area contributed by atoms with Crippen LogP contribution in [0, 0.1) is 13.8 Å². The van der Waals surface area contributed by atoms with Crippen LogP contribution in [0.3, 0.4) is 0 Å². The average Bonchev–Trinajstić information content (AvgIpc) is 3.38. The second kappa shape index (κ2) is 9.23. The maximum Gasteiger partial charge on any atom is 0.257 e. The average molecular weight is 512 g/mol. The number of imide groups is 1. The smallest absolute Gasteiger partial charge is 0.257 e. The summed E-state index contributed by atoms with van der Waals surface area (Å²) in [6.45, 7) is 9.63. The molecule has 1 fully saturated rings. The molecule has 3 aromatic carbocycles. The largest absolute Gasteiger partial charge is 0.321 e. The van der Waals surface area contributed by atoms with Crippen LogP contribution >= 0.6 is 11.3 Å². The summed E-state index contributed by atoms with van der Waals surface area (Å²) in [5.41, 5.74) is 4.35. The zero-order chi connectivity index (χ0) is 26.5. The molecule has 1 unspecified atom stereocenters. The predicted octanol–water partition coefficient (Wildman–Crippen LogP) is 6.15. The molecule has 0 saturated carbocycles. The van der Waals surface area contributed by atoms with Crippen LogP contribution in [0.1, 0.15) is 48.7 Å². The molecule has 6 nitrogen and oxygen atoms in total. The molecule has 37 heavy (non-hydrogen) atoms. The molecule has 0 radical (unpaired) electrons. The minimum Gasteiger partial charge on any atom is -0.321 e. The Morgan fingerprint density at radius 1 is 0.973 bits per heavy atom. The first-order chi connectivity index (χ1) is 17.5. The minimum atomic E-state index is -0.868. The summed E-state index contributed by atoms with van der Waals surface area (Å²) < 4.78 is 1.12. The second-order valence-corrected chi connectivity index (χ2v) is 11.6. The van der Waals surface area contributed by atoms with Crippen LogP contribution < -0.4 is 4.90 Å². The van der Waals surface area contributed by atoms with Crippen molar-refractivity contribution in [2.75, 3.05) is 4.90 Å². The first-order valence-corrected chi connectivity index (χ1v) is 13.1. The van der Waals surface area contributed by atoms with Crippen LogP contribution in [0.25, 0.3) is 20.8 Å². The van der Waals surface area contributed by atoms with E-state index in [1.165, 1.54) is 10.5 Å². The van der Waals surface area contributed by atoms with Crippen LogP contribution in [-0.2, 0) is 9.59 Å². The van der Waals surface area contributed by atoms with Gasteiger partial charge in [-0.1, -0.05) is 23.8 Å². The maximum atomic E-state index is 13.6. The molecule has 1 saturated heterocycles. The Morgan fingerprint density at radius 2 is 1.68 bits per heavy atom. The molecule has 1 aliphatic heterocycles. The lowest BCUT2D eigenvalue weighted by Gasteiger charge is -2.39. The summed E-state index contributed by atoms with van der Waals surface area (Å²) in [6, 6.07) is 19.9. The van der Waals surface area contributed by atoms with E-state index in [2.05, 4.69) is 13.0 Å². The van der Waals surface area contributed by atoms with Crippen molar-refractivity contribution in [3.63, 3.8) is 0 Å². The molecule has 3 amide bonds. The number of benzene rings is 3. The molecule has 1 atom stereocenters. The standard InChI is InChI=1S/C30H29N3O3S/c1-18-7-6-8-21(15-18)28(35)33(30(3,4)5)24-17-26(34)32(29(24)36)22-12-10-20(11-13-22)27-31-23-14-9-19(2)16-25(23)37-27/h6-16,24H,17H2,1-5H3. The van der Waals surface area contributed by atoms with Crippen molar-refractivity contribution in [1.82, 2.24) is 9.88 Å². The molecule has 1 aromatic heterocycles. The van der Waals surface area contributed by atoms with Gasteiger partial charge < -0.3 is 4.90 Å². The van der Waals surface area contributed by atoms with Gasteiger partial charge in [-0.25, -0.2) is 9.88 Å². The first kappa shape index (κ1) is 24.8. The number of amides is 3. The van der Waals surface area contributed by atoms with Crippen molar-refractivity contribution < 1.29 is 14.4 Å². The van der Waals surface area contributed by atoms with Crippen molar-refractivity contribution in [1.29, 1.82) is 0 Å². The number of rotatable bonds is 4. The van der Waals surface area contributed by atoms with Gasteiger partial charge in [-0.15, -0.1) is 11.3 Å². The fourth-order valence-electron chi connectivity index (χ4n) is 4.83. The van der Waals surface area contributed by atoms with Crippen molar-refractivity contribution in [2.24, 2.45) is 0 Å². The monoisotopic (exact) mass is 511 g/mol. The molecule has 2 heterocycles. The van der Waals surface area contributed by atoms with Crippen LogP contribution in [0.15, 0.2) is 66.7 Å². The fraction of sp³-hybridized carbons (Fsp3) is 0.267. The van der Waals surface area contributed by atoms with Gasteiger partial charge in [-0.3, -0.25) is 14.4 Å². The van der Waals surface area contributed by atoms with Crippen molar-refractivity contribution in [3.8, 4) is 10.6 Å². The molecule has 0 aliphatic carbocycles. The summed E-state index contributed by atoms with van der Waals surface area (Å²) in [5, 5.41) is 0.881. The number of aromatic nitrogens is 1. The number of fused-ring (bicyclic) bond motifs is 1. The topological polar surface area (TPSA) is 70.6 Å². The van der Waals surface area contributed by atoms with Crippen LogP contribution in [0.2, 0.25) is 0 Å². The van der Waals surface area contributed by atoms with Gasteiger partial charge in [-0.05, 0) is 88.7 Å². The number of thiazole rings is 1. The Morgan fingerprint density at radius 3 is 2.35 bits per heavy atom. The zero-order valence-electron chi connectivity index (χ0n) is 21.6. The Labute approximate surface area is 220 Å². The lowest BCUT2D eigenvalue weighted by molar-refractivity contribution is -0.123. The summed E-state index contributed by atoms with van der Waals surface area (Å²) in [7, 11) is 0. The molecular formula is C30H29N3O3S. The van der Waals surface area contributed by atoms with E-state index >= 15 is 0 Å².